The Balaban J connectivity index is 1.65. The molecular formula is C16H22BrNO4. The molecule has 1 fully saturated rings. The van der Waals surface area contributed by atoms with Crippen molar-refractivity contribution in [3.05, 3.63) is 28.2 Å². The third-order valence-corrected chi connectivity index (χ3v) is 4.19. The Morgan fingerprint density at radius 2 is 2.36 bits per heavy atom. The molecule has 1 saturated heterocycles. The molecule has 1 heterocycles. The number of amides is 1. The molecule has 0 radical (unpaired) electrons. The molecule has 0 spiro atoms. The van der Waals surface area contributed by atoms with Crippen molar-refractivity contribution in [3.63, 3.8) is 0 Å². The van der Waals surface area contributed by atoms with Crippen LogP contribution in [0.1, 0.15) is 29.6 Å². The zero-order valence-electron chi connectivity index (χ0n) is 12.8. The maximum Gasteiger partial charge on any atom is 0.252 e. The largest absolute Gasteiger partial charge is 0.497 e. The van der Waals surface area contributed by atoms with E-state index in [1.807, 2.05) is 0 Å². The van der Waals surface area contributed by atoms with Crippen molar-refractivity contribution in [2.24, 2.45) is 0 Å². The molecule has 0 aromatic heterocycles. The van der Waals surface area contributed by atoms with Gasteiger partial charge in [0, 0.05) is 24.2 Å². The minimum Gasteiger partial charge on any atom is -0.497 e. The topological polar surface area (TPSA) is 56.8 Å². The fourth-order valence-corrected chi connectivity index (χ4v) is 2.69. The summed E-state index contributed by atoms with van der Waals surface area (Å²) in [5.41, 5.74) is 0.569. The van der Waals surface area contributed by atoms with Crippen LogP contribution in [0.25, 0.3) is 0 Å². The first-order valence-corrected chi connectivity index (χ1v) is 8.31. The first-order valence-electron chi connectivity index (χ1n) is 7.52. The zero-order chi connectivity index (χ0) is 15.8. The molecule has 22 heavy (non-hydrogen) atoms. The number of halogens is 1. The van der Waals surface area contributed by atoms with Gasteiger partial charge in [0.25, 0.3) is 5.91 Å². The Hall–Kier alpha value is -1.11. The Morgan fingerprint density at radius 3 is 3.09 bits per heavy atom. The Labute approximate surface area is 139 Å². The summed E-state index contributed by atoms with van der Waals surface area (Å²) in [4.78, 5) is 12.1. The van der Waals surface area contributed by atoms with Crippen molar-refractivity contribution < 1.29 is 19.0 Å². The van der Waals surface area contributed by atoms with Gasteiger partial charge < -0.3 is 19.5 Å². The van der Waals surface area contributed by atoms with Gasteiger partial charge in [-0.1, -0.05) is 0 Å². The highest BCUT2D eigenvalue weighted by Crippen LogP contribution is 2.22. The van der Waals surface area contributed by atoms with Crippen molar-refractivity contribution in [1.29, 1.82) is 0 Å². The van der Waals surface area contributed by atoms with E-state index in [1.165, 1.54) is 0 Å². The number of hydrogen-bond donors (Lipinski definition) is 1. The fraction of sp³-hybridized carbons (Fsp3) is 0.562. The van der Waals surface area contributed by atoms with E-state index in [4.69, 9.17) is 14.2 Å². The number of methoxy groups -OCH3 is 1. The van der Waals surface area contributed by atoms with Crippen LogP contribution >= 0.6 is 15.9 Å². The summed E-state index contributed by atoms with van der Waals surface area (Å²) < 4.78 is 16.9. The summed E-state index contributed by atoms with van der Waals surface area (Å²) in [7, 11) is 1.58. The summed E-state index contributed by atoms with van der Waals surface area (Å²) in [6.07, 6.45) is 3.24. The highest BCUT2D eigenvalue weighted by molar-refractivity contribution is 9.10. The molecule has 0 saturated carbocycles. The van der Waals surface area contributed by atoms with Gasteiger partial charge >= 0.3 is 0 Å². The average Bonchev–Trinajstić information content (AvgIpc) is 3.04. The van der Waals surface area contributed by atoms with Gasteiger partial charge in [-0.25, -0.2) is 0 Å². The quantitative estimate of drug-likeness (QED) is 0.713. The van der Waals surface area contributed by atoms with Crippen LogP contribution in [0, 0.1) is 0 Å². The van der Waals surface area contributed by atoms with Crippen LogP contribution in [0.15, 0.2) is 22.7 Å². The Morgan fingerprint density at radius 1 is 1.50 bits per heavy atom. The molecule has 0 aliphatic carbocycles. The molecule has 1 atom stereocenters. The van der Waals surface area contributed by atoms with E-state index in [9.17, 15) is 4.79 Å². The van der Waals surface area contributed by atoms with Crippen molar-refractivity contribution in [1.82, 2.24) is 5.32 Å². The van der Waals surface area contributed by atoms with Gasteiger partial charge in [0.2, 0.25) is 0 Å². The second-order valence-corrected chi connectivity index (χ2v) is 6.02. The monoisotopic (exact) mass is 371 g/mol. The molecule has 122 valence electrons. The number of carbonyl (C=O) groups is 1. The lowest BCUT2D eigenvalue weighted by Gasteiger charge is -2.11. The summed E-state index contributed by atoms with van der Waals surface area (Å²) in [6, 6.07) is 5.33. The van der Waals surface area contributed by atoms with E-state index in [0.29, 0.717) is 31.1 Å². The molecule has 1 aromatic carbocycles. The van der Waals surface area contributed by atoms with Crippen molar-refractivity contribution in [2.45, 2.75) is 25.4 Å². The van der Waals surface area contributed by atoms with Gasteiger partial charge in [-0.3, -0.25) is 4.79 Å². The molecule has 1 aliphatic heterocycles. The Kier molecular flexibility index (Phi) is 7.15. The molecule has 1 aliphatic rings. The van der Waals surface area contributed by atoms with Crippen LogP contribution in [-0.2, 0) is 9.47 Å². The SMILES string of the molecule is COc1ccc(Br)c(C(=O)NCCCOCC2CCCO2)c1. The molecule has 1 N–H and O–H groups in total. The zero-order valence-corrected chi connectivity index (χ0v) is 14.4. The summed E-state index contributed by atoms with van der Waals surface area (Å²) >= 11 is 3.38. The third-order valence-electron chi connectivity index (χ3n) is 3.50. The Bertz CT molecular complexity index is 489. The van der Waals surface area contributed by atoms with Crippen molar-refractivity contribution in [3.8, 4) is 5.75 Å². The fourth-order valence-electron chi connectivity index (χ4n) is 2.27. The summed E-state index contributed by atoms with van der Waals surface area (Å²) in [5, 5.41) is 2.88. The van der Waals surface area contributed by atoms with Gasteiger partial charge in [-0.15, -0.1) is 0 Å². The van der Waals surface area contributed by atoms with Crippen LogP contribution in [0.2, 0.25) is 0 Å². The molecule has 1 aromatic rings. The predicted molar refractivity (Wildman–Crippen MR) is 87.4 cm³/mol. The molecule has 1 unspecified atom stereocenters. The number of benzene rings is 1. The van der Waals surface area contributed by atoms with Crippen LogP contribution in [0.3, 0.4) is 0 Å². The van der Waals surface area contributed by atoms with Crippen LogP contribution in [0.4, 0.5) is 0 Å². The lowest BCUT2D eigenvalue weighted by atomic mass is 10.2. The molecule has 0 bridgehead atoms. The van der Waals surface area contributed by atoms with Crippen molar-refractivity contribution in [2.75, 3.05) is 33.5 Å². The number of carbonyl (C=O) groups excluding carboxylic acids is 1. The first-order chi connectivity index (χ1) is 10.7. The van der Waals surface area contributed by atoms with Gasteiger partial charge in [0.05, 0.1) is 25.4 Å². The molecule has 1 amide bonds. The minimum absolute atomic E-state index is 0.120. The highest BCUT2D eigenvalue weighted by Gasteiger charge is 2.15. The normalized spacial score (nSPS) is 17.5. The van der Waals surface area contributed by atoms with Crippen LogP contribution in [-0.4, -0.2) is 45.5 Å². The second kappa shape index (κ2) is 9.12. The standard InChI is InChI=1S/C16H22BrNO4/c1-20-12-5-6-15(17)14(10-12)16(19)18-7-3-8-21-11-13-4-2-9-22-13/h5-6,10,13H,2-4,7-9,11H2,1H3,(H,18,19). The molecule has 6 heteroatoms. The smallest absolute Gasteiger partial charge is 0.252 e. The predicted octanol–water partition coefficient (Wildman–Crippen LogP) is 2.77. The molecular weight excluding hydrogens is 350 g/mol. The van der Waals surface area contributed by atoms with E-state index in [-0.39, 0.29) is 12.0 Å². The summed E-state index contributed by atoms with van der Waals surface area (Å²) in [5.74, 6) is 0.540. The van der Waals surface area contributed by atoms with Gasteiger partial charge in [-0.05, 0) is 53.4 Å². The third kappa shape index (κ3) is 5.26. The van der Waals surface area contributed by atoms with E-state index in [1.54, 1.807) is 25.3 Å². The lowest BCUT2D eigenvalue weighted by molar-refractivity contribution is 0.0166. The van der Waals surface area contributed by atoms with Crippen molar-refractivity contribution >= 4 is 21.8 Å². The van der Waals surface area contributed by atoms with Gasteiger partial charge in [0.1, 0.15) is 5.75 Å². The number of ether oxygens (including phenoxy) is 3. The lowest BCUT2D eigenvalue weighted by Crippen LogP contribution is -2.26. The van der Waals surface area contributed by atoms with E-state index < -0.39 is 0 Å². The van der Waals surface area contributed by atoms with E-state index >= 15 is 0 Å². The second-order valence-electron chi connectivity index (χ2n) is 5.17. The van der Waals surface area contributed by atoms with Gasteiger partial charge in [-0.2, -0.15) is 0 Å². The molecule has 2 rings (SSSR count). The maximum atomic E-state index is 12.1. The first kappa shape index (κ1) is 17.2. The van der Waals surface area contributed by atoms with E-state index in [0.717, 1.165) is 30.3 Å². The maximum absolute atomic E-state index is 12.1. The van der Waals surface area contributed by atoms with E-state index in [2.05, 4.69) is 21.2 Å². The van der Waals surface area contributed by atoms with Crippen LogP contribution in [0.5, 0.6) is 5.75 Å². The molecule has 5 nitrogen and oxygen atoms in total. The minimum atomic E-state index is -0.120. The van der Waals surface area contributed by atoms with Crippen LogP contribution < -0.4 is 10.1 Å². The highest BCUT2D eigenvalue weighted by atomic mass is 79.9. The average molecular weight is 372 g/mol. The van der Waals surface area contributed by atoms with Gasteiger partial charge in [0.15, 0.2) is 0 Å². The summed E-state index contributed by atoms with van der Waals surface area (Å²) in [6.45, 7) is 2.70. The number of hydrogen-bond acceptors (Lipinski definition) is 4. The number of rotatable bonds is 8. The number of nitrogens with one attached hydrogen (secondary N) is 1.